The van der Waals surface area contributed by atoms with E-state index in [2.05, 4.69) is 5.32 Å². The van der Waals surface area contributed by atoms with Crippen molar-refractivity contribution in [2.75, 3.05) is 19.5 Å². The van der Waals surface area contributed by atoms with Gasteiger partial charge in [-0.2, -0.15) is 0 Å². The molecule has 6 nitrogen and oxygen atoms in total. The highest BCUT2D eigenvalue weighted by Gasteiger charge is 2.34. The molecule has 0 saturated carbocycles. The number of ether oxygens (including phenoxy) is 2. The van der Waals surface area contributed by atoms with Crippen molar-refractivity contribution in [3.63, 3.8) is 0 Å². The smallest absolute Gasteiger partial charge is 0.255 e. The number of benzene rings is 2. The van der Waals surface area contributed by atoms with Gasteiger partial charge in [-0.1, -0.05) is 24.3 Å². The zero-order valence-corrected chi connectivity index (χ0v) is 17.6. The Morgan fingerprint density at radius 2 is 1.90 bits per heavy atom. The van der Waals surface area contributed by atoms with Gasteiger partial charge in [0, 0.05) is 28.7 Å². The van der Waals surface area contributed by atoms with Crippen LogP contribution in [-0.2, 0) is 11.3 Å². The quantitative estimate of drug-likeness (QED) is 0.609. The zero-order chi connectivity index (χ0) is 21.1. The Labute approximate surface area is 179 Å². The number of thiophene rings is 1. The number of nitrogens with zero attached hydrogens (tertiary/aromatic N) is 1. The second-order valence-corrected chi connectivity index (χ2v) is 7.92. The maximum atomic E-state index is 13.0. The minimum Gasteiger partial charge on any atom is -0.493 e. The summed E-state index contributed by atoms with van der Waals surface area (Å²) >= 11 is 1.55. The van der Waals surface area contributed by atoms with E-state index in [9.17, 15) is 9.59 Å². The highest BCUT2D eigenvalue weighted by atomic mass is 32.1. The van der Waals surface area contributed by atoms with Crippen molar-refractivity contribution in [3.8, 4) is 11.5 Å². The molecular formula is C23H22N2O4S. The van der Waals surface area contributed by atoms with Gasteiger partial charge in [0.15, 0.2) is 11.5 Å². The van der Waals surface area contributed by atoms with E-state index in [0.29, 0.717) is 29.3 Å². The lowest BCUT2D eigenvalue weighted by molar-refractivity contribution is -0.117. The maximum Gasteiger partial charge on any atom is 0.255 e. The minimum atomic E-state index is -0.329. The molecule has 1 N–H and O–H groups in total. The van der Waals surface area contributed by atoms with Crippen molar-refractivity contribution in [1.82, 2.24) is 4.90 Å². The molecule has 1 aromatic heterocycles. The Morgan fingerprint density at radius 3 is 2.60 bits per heavy atom. The van der Waals surface area contributed by atoms with Crippen LogP contribution < -0.4 is 14.8 Å². The molecule has 1 aliphatic heterocycles. The molecule has 7 heteroatoms. The van der Waals surface area contributed by atoms with Gasteiger partial charge in [0.1, 0.15) is 0 Å². The number of carbonyl (C=O) groups excluding carboxylic acids is 2. The summed E-state index contributed by atoms with van der Waals surface area (Å²) < 4.78 is 10.5. The number of anilines is 1. The molecule has 0 fully saturated rings. The Kier molecular flexibility index (Phi) is 5.72. The summed E-state index contributed by atoms with van der Waals surface area (Å²) in [7, 11) is 3.11. The van der Waals surface area contributed by atoms with Gasteiger partial charge >= 0.3 is 0 Å². The van der Waals surface area contributed by atoms with Gasteiger partial charge < -0.3 is 19.7 Å². The van der Waals surface area contributed by atoms with Crippen molar-refractivity contribution in [2.24, 2.45) is 0 Å². The van der Waals surface area contributed by atoms with E-state index in [0.717, 1.165) is 10.4 Å². The Morgan fingerprint density at radius 1 is 1.10 bits per heavy atom. The second-order valence-electron chi connectivity index (χ2n) is 6.94. The van der Waals surface area contributed by atoms with E-state index in [1.54, 1.807) is 48.7 Å². The number of hydrogen-bond donors (Lipinski definition) is 1. The van der Waals surface area contributed by atoms with Gasteiger partial charge in [-0.15, -0.1) is 11.3 Å². The van der Waals surface area contributed by atoms with Crippen molar-refractivity contribution < 1.29 is 19.1 Å². The van der Waals surface area contributed by atoms with E-state index in [-0.39, 0.29) is 24.3 Å². The molecule has 0 radical (unpaired) electrons. The van der Waals surface area contributed by atoms with Crippen LogP contribution in [0.5, 0.6) is 11.5 Å². The average Bonchev–Trinajstić information content (AvgIpc) is 3.41. The lowest BCUT2D eigenvalue weighted by Crippen LogP contribution is -2.31. The third-order valence-corrected chi connectivity index (χ3v) is 6.12. The van der Waals surface area contributed by atoms with Crippen LogP contribution in [0, 0.1) is 0 Å². The largest absolute Gasteiger partial charge is 0.493 e. The van der Waals surface area contributed by atoms with E-state index >= 15 is 0 Å². The number of rotatable bonds is 7. The first-order chi connectivity index (χ1) is 14.6. The van der Waals surface area contributed by atoms with Crippen LogP contribution in [0.25, 0.3) is 0 Å². The first-order valence-corrected chi connectivity index (χ1v) is 10.4. The van der Waals surface area contributed by atoms with Crippen molar-refractivity contribution in [2.45, 2.75) is 19.0 Å². The summed E-state index contributed by atoms with van der Waals surface area (Å²) in [5.41, 5.74) is 2.31. The molecule has 0 spiro atoms. The molecule has 2 heterocycles. The Bertz CT molecular complexity index is 1060. The normalized spacial score (nSPS) is 13.7. The third-order valence-electron chi connectivity index (χ3n) is 5.14. The van der Waals surface area contributed by atoms with E-state index < -0.39 is 0 Å². The number of fused-ring (bicyclic) bond motifs is 1. The average molecular weight is 423 g/mol. The predicted molar refractivity (Wildman–Crippen MR) is 116 cm³/mol. The lowest BCUT2D eigenvalue weighted by atomic mass is 10.1. The first kappa shape index (κ1) is 20.0. The van der Waals surface area contributed by atoms with Gasteiger partial charge in [-0.25, -0.2) is 0 Å². The monoisotopic (exact) mass is 422 g/mol. The molecule has 1 unspecified atom stereocenters. The summed E-state index contributed by atoms with van der Waals surface area (Å²) in [6.45, 7) is 0.501. The molecule has 0 aliphatic carbocycles. The molecule has 0 saturated heterocycles. The fourth-order valence-corrected chi connectivity index (χ4v) is 4.51. The fourth-order valence-electron chi connectivity index (χ4n) is 3.68. The number of hydrogen-bond acceptors (Lipinski definition) is 5. The molecule has 0 bridgehead atoms. The number of nitrogens with one attached hydrogen (secondary N) is 1. The number of amides is 2. The summed E-state index contributed by atoms with van der Waals surface area (Å²) in [5.74, 6) is 0.912. The second kappa shape index (κ2) is 8.59. The summed E-state index contributed by atoms with van der Waals surface area (Å²) in [6, 6.07) is 16.4. The Balaban J connectivity index is 1.54. The molecule has 4 rings (SSSR count). The van der Waals surface area contributed by atoms with E-state index in [1.807, 2.05) is 41.8 Å². The zero-order valence-electron chi connectivity index (χ0n) is 16.8. The van der Waals surface area contributed by atoms with Crippen LogP contribution in [0.1, 0.15) is 33.3 Å². The minimum absolute atomic E-state index is 0.0390. The molecule has 1 aliphatic rings. The highest BCUT2D eigenvalue weighted by molar-refractivity contribution is 7.10. The molecule has 30 heavy (non-hydrogen) atoms. The van der Waals surface area contributed by atoms with E-state index in [4.69, 9.17) is 9.47 Å². The number of carbonyl (C=O) groups is 2. The van der Waals surface area contributed by atoms with Gasteiger partial charge in [-0.05, 0) is 35.2 Å². The molecule has 3 aromatic rings. The maximum absolute atomic E-state index is 13.0. The highest BCUT2D eigenvalue weighted by Crippen LogP contribution is 2.36. The number of methoxy groups -OCH3 is 2. The molecule has 1 atom stereocenters. The summed E-state index contributed by atoms with van der Waals surface area (Å²) in [6.07, 6.45) is 0.161. The molecule has 2 aromatic carbocycles. The first-order valence-electron chi connectivity index (χ1n) is 9.55. The molecular weight excluding hydrogens is 400 g/mol. The summed E-state index contributed by atoms with van der Waals surface area (Å²) in [5, 5.41) is 4.87. The molecule has 154 valence electrons. The topological polar surface area (TPSA) is 67.9 Å². The van der Waals surface area contributed by atoms with Gasteiger partial charge in [0.2, 0.25) is 5.91 Å². The van der Waals surface area contributed by atoms with Crippen molar-refractivity contribution in [3.05, 3.63) is 76.0 Å². The van der Waals surface area contributed by atoms with Crippen LogP contribution in [0.4, 0.5) is 5.69 Å². The van der Waals surface area contributed by atoms with Crippen LogP contribution in [0.2, 0.25) is 0 Å². The van der Waals surface area contributed by atoms with Gasteiger partial charge in [0.05, 0.1) is 26.7 Å². The summed E-state index contributed by atoms with van der Waals surface area (Å²) in [4.78, 5) is 28.7. The standard InChI is InChI=1S/C23H22N2O4S/c1-28-19-10-9-16(12-20(19)29-2)24-22(26)13-18(21-8-5-11-30-21)25-14-15-6-3-4-7-17(15)23(25)27/h3-12,18H,13-14H2,1-2H3,(H,24,26). The third kappa shape index (κ3) is 3.89. The van der Waals surface area contributed by atoms with Crippen LogP contribution in [0.15, 0.2) is 60.0 Å². The SMILES string of the molecule is COc1ccc(NC(=O)CC(c2cccs2)N2Cc3ccccc3C2=O)cc1OC. The van der Waals surface area contributed by atoms with Crippen LogP contribution in [0.3, 0.4) is 0 Å². The van der Waals surface area contributed by atoms with Crippen LogP contribution in [-0.4, -0.2) is 30.9 Å². The van der Waals surface area contributed by atoms with E-state index in [1.165, 1.54) is 0 Å². The Hall–Kier alpha value is -3.32. The van der Waals surface area contributed by atoms with Gasteiger partial charge in [0.25, 0.3) is 5.91 Å². The molecule has 2 amide bonds. The van der Waals surface area contributed by atoms with Crippen molar-refractivity contribution >= 4 is 28.8 Å². The van der Waals surface area contributed by atoms with Gasteiger partial charge in [-0.3, -0.25) is 9.59 Å². The predicted octanol–water partition coefficient (Wildman–Crippen LogP) is 4.49. The van der Waals surface area contributed by atoms with Crippen LogP contribution >= 0.6 is 11.3 Å². The lowest BCUT2D eigenvalue weighted by Gasteiger charge is -2.26. The fraction of sp³-hybridized carbons (Fsp3) is 0.217. The van der Waals surface area contributed by atoms with Crippen molar-refractivity contribution in [1.29, 1.82) is 0 Å².